The highest BCUT2D eigenvalue weighted by Gasteiger charge is 2.25. The first-order valence-corrected chi connectivity index (χ1v) is 5.05. The Balaban J connectivity index is 2.33. The molecule has 5 heteroatoms. The maximum absolute atomic E-state index is 11.6. The number of rotatable bonds is 1. The van der Waals surface area contributed by atoms with E-state index in [9.17, 15) is 9.59 Å². The van der Waals surface area contributed by atoms with Crippen LogP contribution in [0.15, 0.2) is 18.2 Å². The number of urea groups is 1. The van der Waals surface area contributed by atoms with Gasteiger partial charge < -0.3 is 5.73 Å². The van der Waals surface area contributed by atoms with Crippen LogP contribution in [0.5, 0.6) is 0 Å². The van der Waals surface area contributed by atoms with Gasteiger partial charge in [-0.2, -0.15) is 0 Å². The number of hydrogen-bond donors (Lipinski definition) is 2. The summed E-state index contributed by atoms with van der Waals surface area (Å²) in [5.74, 6) is -0.234. The van der Waals surface area contributed by atoms with Gasteiger partial charge in [-0.15, -0.1) is 0 Å². The third-order valence-electron chi connectivity index (χ3n) is 2.58. The van der Waals surface area contributed by atoms with E-state index in [-0.39, 0.29) is 11.9 Å². The molecule has 1 aromatic carbocycles. The number of hydrogen-bond acceptors (Lipinski definition) is 3. The van der Waals surface area contributed by atoms with Crippen molar-refractivity contribution in [3.05, 3.63) is 23.8 Å². The quantitative estimate of drug-likeness (QED) is 0.692. The monoisotopic (exact) mass is 219 g/mol. The van der Waals surface area contributed by atoms with Crippen LogP contribution in [0.25, 0.3) is 0 Å². The van der Waals surface area contributed by atoms with Gasteiger partial charge in [-0.3, -0.25) is 15.0 Å². The molecule has 84 valence electrons. The average Bonchev–Trinajstić information content (AvgIpc) is 2.22. The van der Waals surface area contributed by atoms with Crippen LogP contribution in [0.4, 0.5) is 16.2 Å². The molecule has 0 saturated carbocycles. The first kappa shape index (κ1) is 10.5. The molecule has 1 heterocycles. The average molecular weight is 219 g/mol. The van der Waals surface area contributed by atoms with Gasteiger partial charge in [0.25, 0.3) is 0 Å². The summed E-state index contributed by atoms with van der Waals surface area (Å²) in [6, 6.07) is 5.00. The molecule has 1 saturated heterocycles. The topological polar surface area (TPSA) is 75.4 Å². The molecular weight excluding hydrogens is 206 g/mol. The molecule has 1 aromatic rings. The third-order valence-corrected chi connectivity index (χ3v) is 2.58. The molecule has 2 rings (SSSR count). The predicted octanol–water partition coefficient (Wildman–Crippen LogP) is 1.02. The number of aryl methyl sites for hydroxylation is 1. The first-order valence-electron chi connectivity index (χ1n) is 5.05. The molecule has 1 aliphatic rings. The Morgan fingerprint density at radius 2 is 2.12 bits per heavy atom. The number of nitrogens with zero attached hydrogens (tertiary/aromatic N) is 1. The summed E-state index contributed by atoms with van der Waals surface area (Å²) in [5, 5.41) is 2.28. The number of carbonyl (C=O) groups is 2. The van der Waals surface area contributed by atoms with Gasteiger partial charge in [0.1, 0.15) is 0 Å². The minimum absolute atomic E-state index is 0.234. The van der Waals surface area contributed by atoms with Crippen LogP contribution in [-0.4, -0.2) is 18.5 Å². The maximum Gasteiger partial charge on any atom is 0.328 e. The highest BCUT2D eigenvalue weighted by atomic mass is 16.2. The summed E-state index contributed by atoms with van der Waals surface area (Å²) < 4.78 is 0. The van der Waals surface area contributed by atoms with E-state index in [0.717, 1.165) is 11.3 Å². The molecule has 5 nitrogen and oxygen atoms in total. The van der Waals surface area contributed by atoms with Crippen molar-refractivity contribution in [2.45, 2.75) is 13.3 Å². The SMILES string of the molecule is Cc1ccc(N)cc1N1CCC(=O)NC1=O. The van der Waals surface area contributed by atoms with E-state index in [2.05, 4.69) is 5.32 Å². The van der Waals surface area contributed by atoms with E-state index in [1.807, 2.05) is 13.0 Å². The predicted molar refractivity (Wildman–Crippen MR) is 61.1 cm³/mol. The molecule has 1 fully saturated rings. The van der Waals surface area contributed by atoms with Crippen molar-refractivity contribution in [2.24, 2.45) is 0 Å². The lowest BCUT2D eigenvalue weighted by Crippen LogP contribution is -2.49. The van der Waals surface area contributed by atoms with Crippen molar-refractivity contribution in [1.29, 1.82) is 0 Å². The maximum atomic E-state index is 11.6. The summed E-state index contributed by atoms with van der Waals surface area (Å²) in [6.07, 6.45) is 0.319. The third kappa shape index (κ3) is 1.84. The van der Waals surface area contributed by atoms with Crippen LogP contribution in [0.2, 0.25) is 0 Å². The molecule has 0 bridgehead atoms. The minimum atomic E-state index is -0.384. The molecule has 0 spiro atoms. The van der Waals surface area contributed by atoms with Gasteiger partial charge in [0.05, 0.1) is 5.69 Å². The highest BCUT2D eigenvalue weighted by molar-refractivity contribution is 6.06. The standard InChI is InChI=1S/C11H13N3O2/c1-7-2-3-8(12)6-9(7)14-5-4-10(15)13-11(14)16/h2-3,6H,4-5,12H2,1H3,(H,13,15,16). The Bertz CT molecular complexity index is 457. The van der Waals surface area contributed by atoms with Gasteiger partial charge in [-0.25, -0.2) is 4.79 Å². The fourth-order valence-electron chi connectivity index (χ4n) is 1.71. The molecule has 0 atom stereocenters. The van der Waals surface area contributed by atoms with Gasteiger partial charge in [-0.1, -0.05) is 6.07 Å². The Kier molecular flexibility index (Phi) is 2.52. The molecule has 3 N–H and O–H groups in total. The van der Waals surface area contributed by atoms with Crippen LogP contribution >= 0.6 is 0 Å². The van der Waals surface area contributed by atoms with Gasteiger partial charge >= 0.3 is 6.03 Å². The Hall–Kier alpha value is -2.04. The van der Waals surface area contributed by atoms with Crippen LogP contribution in [0.1, 0.15) is 12.0 Å². The molecule has 3 amide bonds. The van der Waals surface area contributed by atoms with E-state index in [0.29, 0.717) is 18.7 Å². The zero-order valence-electron chi connectivity index (χ0n) is 8.99. The molecular formula is C11H13N3O2. The second-order valence-corrected chi connectivity index (χ2v) is 3.80. The van der Waals surface area contributed by atoms with Crippen molar-refractivity contribution in [2.75, 3.05) is 17.2 Å². The number of nitrogens with two attached hydrogens (primary N) is 1. The zero-order chi connectivity index (χ0) is 11.7. The number of amides is 3. The largest absolute Gasteiger partial charge is 0.399 e. The van der Waals surface area contributed by atoms with Gasteiger partial charge in [0.15, 0.2) is 0 Å². The Labute approximate surface area is 93.2 Å². The second kappa shape index (κ2) is 3.84. The van der Waals surface area contributed by atoms with Crippen molar-refractivity contribution in [3.8, 4) is 0 Å². The number of imide groups is 1. The fourth-order valence-corrected chi connectivity index (χ4v) is 1.71. The van der Waals surface area contributed by atoms with Crippen molar-refractivity contribution >= 4 is 23.3 Å². The van der Waals surface area contributed by atoms with Gasteiger partial charge in [0.2, 0.25) is 5.91 Å². The lowest BCUT2D eigenvalue weighted by molar-refractivity contribution is -0.120. The lowest BCUT2D eigenvalue weighted by atomic mass is 10.1. The normalized spacial score (nSPS) is 16.2. The van der Waals surface area contributed by atoms with Crippen LogP contribution in [-0.2, 0) is 4.79 Å². The van der Waals surface area contributed by atoms with E-state index >= 15 is 0 Å². The van der Waals surface area contributed by atoms with Gasteiger partial charge in [-0.05, 0) is 24.6 Å². The smallest absolute Gasteiger partial charge is 0.328 e. The van der Waals surface area contributed by atoms with Crippen molar-refractivity contribution in [1.82, 2.24) is 5.32 Å². The summed E-state index contributed by atoms with van der Waals surface area (Å²) >= 11 is 0. The summed E-state index contributed by atoms with van der Waals surface area (Å²) in [5.41, 5.74) is 8.00. The number of carbonyl (C=O) groups excluding carboxylic acids is 2. The number of benzene rings is 1. The minimum Gasteiger partial charge on any atom is -0.399 e. The van der Waals surface area contributed by atoms with E-state index in [1.54, 1.807) is 12.1 Å². The molecule has 0 radical (unpaired) electrons. The lowest BCUT2D eigenvalue weighted by Gasteiger charge is -2.28. The highest BCUT2D eigenvalue weighted by Crippen LogP contribution is 2.24. The summed E-state index contributed by atoms with van der Waals surface area (Å²) in [6.45, 7) is 2.30. The number of nitrogens with one attached hydrogen (secondary N) is 1. The van der Waals surface area contributed by atoms with Crippen molar-refractivity contribution < 1.29 is 9.59 Å². The van der Waals surface area contributed by atoms with Crippen molar-refractivity contribution in [3.63, 3.8) is 0 Å². The molecule has 1 aliphatic heterocycles. The fraction of sp³-hybridized carbons (Fsp3) is 0.273. The van der Waals surface area contributed by atoms with E-state index in [4.69, 9.17) is 5.73 Å². The van der Waals surface area contributed by atoms with Gasteiger partial charge in [0, 0.05) is 18.7 Å². The molecule has 0 aliphatic carbocycles. The van der Waals surface area contributed by atoms with Crippen LogP contribution < -0.4 is 16.0 Å². The summed E-state index contributed by atoms with van der Waals surface area (Å²) in [4.78, 5) is 24.2. The molecule has 0 unspecified atom stereocenters. The number of anilines is 2. The van der Waals surface area contributed by atoms with Crippen LogP contribution in [0.3, 0.4) is 0 Å². The Morgan fingerprint density at radius 1 is 1.38 bits per heavy atom. The Morgan fingerprint density at radius 3 is 2.81 bits per heavy atom. The number of nitrogen functional groups attached to an aromatic ring is 1. The second-order valence-electron chi connectivity index (χ2n) is 3.80. The molecule has 0 aromatic heterocycles. The van der Waals surface area contributed by atoms with E-state index < -0.39 is 0 Å². The van der Waals surface area contributed by atoms with Crippen LogP contribution in [0, 0.1) is 6.92 Å². The first-order chi connectivity index (χ1) is 7.58. The summed E-state index contributed by atoms with van der Waals surface area (Å²) in [7, 11) is 0. The van der Waals surface area contributed by atoms with E-state index in [1.165, 1.54) is 4.90 Å². The zero-order valence-corrected chi connectivity index (χ0v) is 8.99. The molecule has 16 heavy (non-hydrogen) atoms.